The molecule has 24 heavy (non-hydrogen) atoms. The second-order valence-electron chi connectivity index (χ2n) is 6.22. The van der Waals surface area contributed by atoms with Crippen molar-refractivity contribution in [1.29, 1.82) is 0 Å². The number of pyridine rings is 1. The minimum absolute atomic E-state index is 0.0171. The molecule has 1 atom stereocenters. The van der Waals surface area contributed by atoms with Crippen molar-refractivity contribution < 1.29 is 14.2 Å². The molecule has 1 aliphatic heterocycles. The number of rotatable bonds is 5. The molecular formula is C18H24N2O4. The molecule has 0 N–H and O–H groups in total. The Kier molecular flexibility index (Phi) is 5.18. The number of hydrogen-bond acceptors (Lipinski definition) is 5. The lowest BCUT2D eigenvalue weighted by atomic mass is 10.1. The van der Waals surface area contributed by atoms with Crippen LogP contribution < -0.4 is 10.3 Å². The number of aryl methyl sites for hydroxylation is 1. The topological polar surface area (TPSA) is 52.9 Å². The molecule has 1 aliphatic rings. The maximum absolute atomic E-state index is 12.6. The Morgan fingerprint density at radius 1 is 1.33 bits per heavy atom. The highest BCUT2D eigenvalue weighted by molar-refractivity contribution is 5.81. The van der Waals surface area contributed by atoms with Gasteiger partial charge >= 0.3 is 0 Å². The third kappa shape index (κ3) is 3.61. The molecule has 6 nitrogen and oxygen atoms in total. The van der Waals surface area contributed by atoms with Crippen LogP contribution in [0.5, 0.6) is 5.75 Å². The summed E-state index contributed by atoms with van der Waals surface area (Å²) >= 11 is 0. The van der Waals surface area contributed by atoms with Crippen LogP contribution in [-0.4, -0.2) is 56.1 Å². The molecule has 6 heteroatoms. The molecule has 0 bridgehead atoms. The van der Waals surface area contributed by atoms with E-state index in [2.05, 4.69) is 4.90 Å². The number of ether oxygens (including phenoxy) is 3. The van der Waals surface area contributed by atoms with Crippen molar-refractivity contribution in [2.24, 2.45) is 7.05 Å². The van der Waals surface area contributed by atoms with Crippen molar-refractivity contribution in [3.05, 3.63) is 40.2 Å². The summed E-state index contributed by atoms with van der Waals surface area (Å²) in [6.45, 7) is 3.23. The Morgan fingerprint density at radius 3 is 2.88 bits per heavy atom. The van der Waals surface area contributed by atoms with E-state index in [1.807, 2.05) is 31.3 Å². The fraction of sp³-hybridized carbons (Fsp3) is 0.500. The van der Waals surface area contributed by atoms with Crippen LogP contribution in [0.1, 0.15) is 5.56 Å². The molecule has 0 saturated carbocycles. The molecule has 0 amide bonds. The van der Waals surface area contributed by atoms with Gasteiger partial charge in [-0.05, 0) is 30.6 Å². The molecule has 1 unspecified atom stereocenters. The van der Waals surface area contributed by atoms with Gasteiger partial charge in [-0.15, -0.1) is 0 Å². The first-order chi connectivity index (χ1) is 11.6. The minimum Gasteiger partial charge on any atom is -0.497 e. The van der Waals surface area contributed by atoms with Crippen LogP contribution in [0.25, 0.3) is 10.9 Å². The van der Waals surface area contributed by atoms with E-state index in [0.717, 1.165) is 28.8 Å². The van der Waals surface area contributed by atoms with Gasteiger partial charge in [-0.2, -0.15) is 0 Å². The molecule has 2 heterocycles. The van der Waals surface area contributed by atoms with Gasteiger partial charge in [-0.1, -0.05) is 0 Å². The van der Waals surface area contributed by atoms with Gasteiger partial charge in [0.25, 0.3) is 5.56 Å². The number of fused-ring (bicyclic) bond motifs is 1. The number of benzene rings is 1. The molecule has 0 spiro atoms. The molecule has 130 valence electrons. The van der Waals surface area contributed by atoms with E-state index in [1.54, 1.807) is 18.7 Å². The van der Waals surface area contributed by atoms with E-state index < -0.39 is 0 Å². The average Bonchev–Trinajstić information content (AvgIpc) is 2.60. The maximum atomic E-state index is 12.6. The lowest BCUT2D eigenvalue weighted by Gasteiger charge is -2.27. The standard InChI is InChI=1S/C18H24N2O4/c1-19(11-16-12-23-6-7-24-16)10-14-8-13-4-5-15(22-3)9-17(13)20(2)18(14)21/h4-5,8-9,16H,6-7,10-12H2,1-3H3. The fourth-order valence-corrected chi connectivity index (χ4v) is 3.10. The predicted octanol–water partition coefficient (Wildman–Crippen LogP) is 1.39. The van der Waals surface area contributed by atoms with Crippen LogP contribution in [0.15, 0.2) is 29.1 Å². The summed E-state index contributed by atoms with van der Waals surface area (Å²) in [6.07, 6.45) is 0.0670. The third-order valence-corrected chi connectivity index (χ3v) is 4.35. The maximum Gasteiger partial charge on any atom is 0.255 e. The summed E-state index contributed by atoms with van der Waals surface area (Å²) in [7, 11) is 5.42. The quantitative estimate of drug-likeness (QED) is 0.828. The highest BCUT2D eigenvalue weighted by atomic mass is 16.6. The Bertz CT molecular complexity index is 765. The highest BCUT2D eigenvalue weighted by Gasteiger charge is 2.17. The monoisotopic (exact) mass is 332 g/mol. The number of likely N-dealkylation sites (N-methyl/N-ethyl adjacent to an activating group) is 1. The van der Waals surface area contributed by atoms with Crippen LogP contribution in [0.3, 0.4) is 0 Å². The van der Waals surface area contributed by atoms with E-state index in [0.29, 0.717) is 26.4 Å². The molecule has 1 saturated heterocycles. The molecule has 0 aliphatic carbocycles. The van der Waals surface area contributed by atoms with E-state index in [-0.39, 0.29) is 11.7 Å². The number of aromatic nitrogens is 1. The first-order valence-electron chi connectivity index (χ1n) is 8.13. The minimum atomic E-state index is 0.0171. The number of methoxy groups -OCH3 is 1. The van der Waals surface area contributed by atoms with E-state index in [4.69, 9.17) is 14.2 Å². The van der Waals surface area contributed by atoms with Gasteiger partial charge < -0.3 is 18.8 Å². The van der Waals surface area contributed by atoms with Crippen molar-refractivity contribution in [3.63, 3.8) is 0 Å². The van der Waals surface area contributed by atoms with Gasteiger partial charge in [-0.3, -0.25) is 9.69 Å². The van der Waals surface area contributed by atoms with Crippen LogP contribution >= 0.6 is 0 Å². The van der Waals surface area contributed by atoms with E-state index in [1.165, 1.54) is 0 Å². The number of hydrogen-bond donors (Lipinski definition) is 0. The van der Waals surface area contributed by atoms with Crippen LogP contribution in [0.2, 0.25) is 0 Å². The van der Waals surface area contributed by atoms with Crippen molar-refractivity contribution in [3.8, 4) is 5.75 Å². The fourth-order valence-electron chi connectivity index (χ4n) is 3.10. The van der Waals surface area contributed by atoms with Gasteiger partial charge in [0.05, 0.1) is 38.6 Å². The smallest absolute Gasteiger partial charge is 0.255 e. The first-order valence-corrected chi connectivity index (χ1v) is 8.13. The summed E-state index contributed by atoms with van der Waals surface area (Å²) in [4.78, 5) is 14.8. The van der Waals surface area contributed by atoms with Gasteiger partial charge in [0, 0.05) is 31.8 Å². The largest absolute Gasteiger partial charge is 0.497 e. The second kappa shape index (κ2) is 7.34. The Hall–Kier alpha value is -1.89. The average molecular weight is 332 g/mol. The van der Waals surface area contributed by atoms with Crippen molar-refractivity contribution >= 4 is 10.9 Å². The lowest BCUT2D eigenvalue weighted by Crippen LogP contribution is -2.39. The Morgan fingerprint density at radius 2 is 2.17 bits per heavy atom. The van der Waals surface area contributed by atoms with E-state index in [9.17, 15) is 4.79 Å². The van der Waals surface area contributed by atoms with Crippen LogP contribution in [0, 0.1) is 0 Å². The molecule has 1 aromatic carbocycles. The van der Waals surface area contributed by atoms with Crippen molar-refractivity contribution in [2.45, 2.75) is 12.6 Å². The molecular weight excluding hydrogens is 308 g/mol. The summed E-state index contributed by atoms with van der Waals surface area (Å²) in [6, 6.07) is 7.74. The summed E-state index contributed by atoms with van der Waals surface area (Å²) in [5.74, 6) is 0.747. The zero-order valence-electron chi connectivity index (χ0n) is 14.4. The highest BCUT2D eigenvalue weighted by Crippen LogP contribution is 2.20. The normalized spacial score (nSPS) is 18.2. The zero-order chi connectivity index (χ0) is 17.1. The molecule has 3 rings (SSSR count). The SMILES string of the molecule is COc1ccc2cc(CN(C)CC3COCCO3)c(=O)n(C)c2c1. The van der Waals surface area contributed by atoms with Gasteiger partial charge in [0.2, 0.25) is 0 Å². The summed E-state index contributed by atoms with van der Waals surface area (Å²) in [5.41, 5.74) is 1.66. The van der Waals surface area contributed by atoms with Gasteiger partial charge in [0.1, 0.15) is 5.75 Å². The van der Waals surface area contributed by atoms with Gasteiger partial charge in [-0.25, -0.2) is 0 Å². The van der Waals surface area contributed by atoms with Crippen LogP contribution in [0.4, 0.5) is 0 Å². The number of nitrogens with zero attached hydrogens (tertiary/aromatic N) is 2. The summed E-state index contributed by atoms with van der Waals surface area (Å²) < 4.78 is 18.0. The third-order valence-electron chi connectivity index (χ3n) is 4.35. The lowest BCUT2D eigenvalue weighted by molar-refractivity contribution is -0.0963. The molecule has 2 aromatic rings. The second-order valence-corrected chi connectivity index (χ2v) is 6.22. The first kappa shape index (κ1) is 17.0. The van der Waals surface area contributed by atoms with Gasteiger partial charge in [0.15, 0.2) is 0 Å². The molecule has 1 aromatic heterocycles. The summed E-state index contributed by atoms with van der Waals surface area (Å²) in [5, 5.41) is 1.03. The van der Waals surface area contributed by atoms with Crippen molar-refractivity contribution in [2.75, 3.05) is 40.5 Å². The Labute approximate surface area is 141 Å². The van der Waals surface area contributed by atoms with E-state index >= 15 is 0 Å². The zero-order valence-corrected chi connectivity index (χ0v) is 14.4. The molecule has 1 fully saturated rings. The predicted molar refractivity (Wildman–Crippen MR) is 92.6 cm³/mol. The Balaban J connectivity index is 1.81. The molecule has 0 radical (unpaired) electrons. The van der Waals surface area contributed by atoms with Crippen molar-refractivity contribution in [1.82, 2.24) is 9.47 Å². The van der Waals surface area contributed by atoms with Crippen LogP contribution in [-0.2, 0) is 23.1 Å².